The molecule has 3 rings (SSSR count). The van der Waals surface area contributed by atoms with Crippen LogP contribution in [0.25, 0.3) is 0 Å². The van der Waals surface area contributed by atoms with Crippen molar-refractivity contribution in [3.8, 4) is 0 Å². The number of nitrogens with one attached hydrogen (secondary N) is 1. The van der Waals surface area contributed by atoms with Crippen LogP contribution in [0, 0.1) is 13.8 Å². The molecule has 0 saturated carbocycles. The molecule has 166 valence electrons. The lowest BCUT2D eigenvalue weighted by atomic mass is 10.0. The lowest BCUT2D eigenvalue weighted by molar-refractivity contribution is -0.140. The standard InChI is InChI=1S/C27H29ClN2O2/c1-19-13-20(2)15-23(14-19)17-26(31)30(18-22-9-11-24(28)12-10-22)25(27(32)29-3)16-21-7-5-4-6-8-21/h4-15,25H,16-18H2,1-3H3,(H,29,32)/t25-/m0/s1. The number of hydrogen-bond acceptors (Lipinski definition) is 2. The summed E-state index contributed by atoms with van der Waals surface area (Å²) in [5.74, 6) is -0.272. The van der Waals surface area contributed by atoms with Crippen LogP contribution in [-0.2, 0) is 29.0 Å². The normalized spacial score (nSPS) is 11.6. The average molecular weight is 449 g/mol. The summed E-state index contributed by atoms with van der Waals surface area (Å²) in [5, 5.41) is 3.38. The molecule has 2 amide bonds. The number of carbonyl (C=O) groups excluding carboxylic acids is 2. The summed E-state index contributed by atoms with van der Waals surface area (Å²) in [4.78, 5) is 28.2. The minimum absolute atomic E-state index is 0.0884. The van der Waals surface area contributed by atoms with Gasteiger partial charge in [0.15, 0.2) is 0 Å². The molecule has 0 bridgehead atoms. The van der Waals surface area contributed by atoms with E-state index < -0.39 is 6.04 Å². The Morgan fingerprint density at radius 3 is 2.09 bits per heavy atom. The maximum absolute atomic E-state index is 13.6. The van der Waals surface area contributed by atoms with Gasteiger partial charge in [-0.05, 0) is 42.7 Å². The van der Waals surface area contributed by atoms with Crippen molar-refractivity contribution in [2.75, 3.05) is 7.05 Å². The molecule has 3 aromatic carbocycles. The van der Waals surface area contributed by atoms with Gasteiger partial charge in [-0.3, -0.25) is 9.59 Å². The van der Waals surface area contributed by atoms with Gasteiger partial charge in [0, 0.05) is 25.0 Å². The van der Waals surface area contributed by atoms with E-state index in [0.29, 0.717) is 18.0 Å². The van der Waals surface area contributed by atoms with Gasteiger partial charge in [0.1, 0.15) is 6.04 Å². The molecule has 0 saturated heterocycles. The van der Waals surface area contributed by atoms with E-state index in [2.05, 4.69) is 11.4 Å². The van der Waals surface area contributed by atoms with Gasteiger partial charge in [-0.1, -0.05) is 83.4 Å². The topological polar surface area (TPSA) is 49.4 Å². The van der Waals surface area contributed by atoms with Crippen molar-refractivity contribution < 1.29 is 9.59 Å². The molecule has 1 atom stereocenters. The van der Waals surface area contributed by atoms with E-state index in [0.717, 1.165) is 27.8 Å². The molecule has 0 aliphatic carbocycles. The average Bonchev–Trinajstić information content (AvgIpc) is 2.76. The Morgan fingerprint density at radius 2 is 1.50 bits per heavy atom. The first-order valence-electron chi connectivity index (χ1n) is 10.7. The Hall–Kier alpha value is -3.11. The Kier molecular flexibility index (Phi) is 8.07. The quantitative estimate of drug-likeness (QED) is 0.533. The first-order chi connectivity index (χ1) is 15.4. The Bertz CT molecular complexity index is 1040. The SMILES string of the molecule is CNC(=O)[C@H](Cc1ccccc1)N(Cc1ccc(Cl)cc1)C(=O)Cc1cc(C)cc(C)c1. The highest BCUT2D eigenvalue weighted by atomic mass is 35.5. The molecule has 32 heavy (non-hydrogen) atoms. The first kappa shape index (κ1) is 23.6. The monoisotopic (exact) mass is 448 g/mol. The Labute approximate surface area is 195 Å². The van der Waals surface area contributed by atoms with Gasteiger partial charge in [0.2, 0.25) is 11.8 Å². The van der Waals surface area contributed by atoms with Crippen LogP contribution in [0.2, 0.25) is 5.02 Å². The molecule has 0 spiro atoms. The fourth-order valence-electron chi connectivity index (χ4n) is 3.95. The van der Waals surface area contributed by atoms with E-state index in [4.69, 9.17) is 11.6 Å². The van der Waals surface area contributed by atoms with Crippen molar-refractivity contribution in [1.82, 2.24) is 10.2 Å². The number of likely N-dealkylation sites (N-methyl/N-ethyl adjacent to an activating group) is 1. The third-order valence-corrected chi connectivity index (χ3v) is 5.67. The molecule has 0 aliphatic rings. The fraction of sp³-hybridized carbons (Fsp3) is 0.259. The predicted octanol–water partition coefficient (Wildman–Crippen LogP) is 4.89. The molecule has 0 aromatic heterocycles. The van der Waals surface area contributed by atoms with Gasteiger partial charge in [-0.2, -0.15) is 0 Å². The molecule has 5 heteroatoms. The van der Waals surface area contributed by atoms with E-state index in [-0.39, 0.29) is 18.2 Å². The fourth-order valence-corrected chi connectivity index (χ4v) is 4.08. The number of aryl methyl sites for hydroxylation is 2. The molecular weight excluding hydrogens is 420 g/mol. The molecule has 0 radical (unpaired) electrons. The molecule has 0 fully saturated rings. The zero-order valence-electron chi connectivity index (χ0n) is 18.8. The van der Waals surface area contributed by atoms with Crippen LogP contribution < -0.4 is 5.32 Å². The summed E-state index contributed by atoms with van der Waals surface area (Å²) in [6.07, 6.45) is 0.672. The maximum atomic E-state index is 13.6. The number of benzene rings is 3. The molecule has 0 heterocycles. The van der Waals surface area contributed by atoms with Crippen LogP contribution in [0.1, 0.15) is 27.8 Å². The van der Waals surface area contributed by atoms with Crippen LogP contribution in [0.15, 0.2) is 72.8 Å². The van der Waals surface area contributed by atoms with Crippen molar-refractivity contribution >= 4 is 23.4 Å². The van der Waals surface area contributed by atoms with Gasteiger partial charge in [0.05, 0.1) is 6.42 Å². The second-order valence-corrected chi connectivity index (χ2v) is 8.58. The highest BCUT2D eigenvalue weighted by Gasteiger charge is 2.29. The van der Waals surface area contributed by atoms with Crippen molar-refractivity contribution in [1.29, 1.82) is 0 Å². The lowest BCUT2D eigenvalue weighted by Gasteiger charge is -2.31. The van der Waals surface area contributed by atoms with Crippen LogP contribution in [0.3, 0.4) is 0 Å². The number of amides is 2. The zero-order chi connectivity index (χ0) is 23.1. The van der Waals surface area contributed by atoms with Crippen molar-refractivity contribution in [3.63, 3.8) is 0 Å². The first-order valence-corrected chi connectivity index (χ1v) is 11.1. The highest BCUT2D eigenvalue weighted by molar-refractivity contribution is 6.30. The van der Waals surface area contributed by atoms with E-state index in [1.165, 1.54) is 0 Å². The van der Waals surface area contributed by atoms with E-state index >= 15 is 0 Å². The van der Waals surface area contributed by atoms with E-state index in [9.17, 15) is 9.59 Å². The Balaban J connectivity index is 1.95. The summed E-state index contributed by atoms with van der Waals surface area (Å²) < 4.78 is 0. The second kappa shape index (κ2) is 11.0. The summed E-state index contributed by atoms with van der Waals surface area (Å²) in [6.45, 7) is 4.37. The summed E-state index contributed by atoms with van der Waals surface area (Å²) in [5.41, 5.74) is 5.10. The highest BCUT2D eigenvalue weighted by Crippen LogP contribution is 2.19. The van der Waals surface area contributed by atoms with Crippen molar-refractivity contribution in [3.05, 3.63) is 106 Å². The summed E-state index contributed by atoms with van der Waals surface area (Å²) in [7, 11) is 1.61. The third kappa shape index (κ3) is 6.44. The third-order valence-electron chi connectivity index (χ3n) is 5.42. The second-order valence-electron chi connectivity index (χ2n) is 8.14. The number of carbonyl (C=O) groups is 2. The Morgan fingerprint density at radius 1 is 0.875 bits per heavy atom. The lowest BCUT2D eigenvalue weighted by Crippen LogP contribution is -2.50. The number of hydrogen-bond donors (Lipinski definition) is 1. The smallest absolute Gasteiger partial charge is 0.242 e. The molecule has 4 nitrogen and oxygen atoms in total. The summed E-state index contributed by atoms with van der Waals surface area (Å²) in [6, 6.07) is 22.7. The number of rotatable bonds is 8. The van der Waals surface area contributed by atoms with Gasteiger partial charge < -0.3 is 10.2 Å². The number of nitrogens with zero attached hydrogens (tertiary/aromatic N) is 1. The maximum Gasteiger partial charge on any atom is 0.242 e. The van der Waals surface area contributed by atoms with Crippen LogP contribution in [-0.4, -0.2) is 29.8 Å². The predicted molar refractivity (Wildman–Crippen MR) is 130 cm³/mol. The molecule has 3 aromatic rings. The minimum Gasteiger partial charge on any atom is -0.357 e. The van der Waals surface area contributed by atoms with Crippen molar-refractivity contribution in [2.45, 2.75) is 39.3 Å². The molecule has 0 aliphatic heterocycles. The van der Waals surface area contributed by atoms with Crippen LogP contribution in [0.5, 0.6) is 0 Å². The minimum atomic E-state index is -0.628. The van der Waals surface area contributed by atoms with Crippen molar-refractivity contribution in [2.24, 2.45) is 0 Å². The zero-order valence-corrected chi connectivity index (χ0v) is 19.5. The number of halogens is 1. The molecule has 1 N–H and O–H groups in total. The van der Waals surface area contributed by atoms with Gasteiger partial charge >= 0.3 is 0 Å². The van der Waals surface area contributed by atoms with Crippen LogP contribution in [0.4, 0.5) is 0 Å². The molecular formula is C27H29ClN2O2. The van der Waals surface area contributed by atoms with E-state index in [1.807, 2.05) is 68.4 Å². The van der Waals surface area contributed by atoms with Gasteiger partial charge in [-0.25, -0.2) is 0 Å². The summed E-state index contributed by atoms with van der Waals surface area (Å²) >= 11 is 6.05. The largest absolute Gasteiger partial charge is 0.357 e. The van der Waals surface area contributed by atoms with Gasteiger partial charge in [-0.15, -0.1) is 0 Å². The van der Waals surface area contributed by atoms with E-state index in [1.54, 1.807) is 24.1 Å². The molecule has 0 unspecified atom stereocenters. The van der Waals surface area contributed by atoms with Crippen LogP contribution >= 0.6 is 11.6 Å². The van der Waals surface area contributed by atoms with Gasteiger partial charge in [0.25, 0.3) is 0 Å².